The van der Waals surface area contributed by atoms with Gasteiger partial charge in [-0.2, -0.15) is 34.8 Å². The van der Waals surface area contributed by atoms with Gasteiger partial charge in [-0.25, -0.2) is 19.7 Å². The van der Waals surface area contributed by atoms with Crippen LogP contribution in [0.15, 0.2) is 42.7 Å². The van der Waals surface area contributed by atoms with Crippen molar-refractivity contribution in [2.24, 2.45) is 0 Å². The highest BCUT2D eigenvalue weighted by molar-refractivity contribution is 7.85. The summed E-state index contributed by atoms with van der Waals surface area (Å²) in [5.74, 6) is -0.743. The molecule has 0 fully saturated rings. The lowest BCUT2D eigenvalue weighted by molar-refractivity contribution is -0.143. The molecule has 2 amide bonds. The lowest BCUT2D eigenvalue weighted by Gasteiger charge is -2.39. The number of nitrogens with zero attached hydrogens (tertiary/aromatic N) is 5. The van der Waals surface area contributed by atoms with E-state index in [0.29, 0.717) is 12.1 Å². The molecule has 3 heterocycles. The second kappa shape index (κ2) is 16.1. The molecule has 1 aliphatic rings. The first kappa shape index (κ1) is 39.0. The van der Waals surface area contributed by atoms with Crippen molar-refractivity contribution in [1.82, 2.24) is 15.0 Å². The number of rotatable bonds is 13. The lowest BCUT2D eigenvalue weighted by Crippen LogP contribution is -2.42. The number of pyridine rings is 1. The molecule has 0 aliphatic carbocycles. The van der Waals surface area contributed by atoms with Crippen molar-refractivity contribution in [1.29, 1.82) is 0 Å². The van der Waals surface area contributed by atoms with Crippen LogP contribution in [-0.4, -0.2) is 81.7 Å². The zero-order chi connectivity index (χ0) is 37.6. The van der Waals surface area contributed by atoms with E-state index < -0.39 is 64.8 Å². The normalized spacial score (nSPS) is 14.8. The molecular weight excluding hydrogens is 718 g/mol. The van der Waals surface area contributed by atoms with E-state index in [1.807, 2.05) is 0 Å². The van der Waals surface area contributed by atoms with Crippen molar-refractivity contribution in [3.63, 3.8) is 0 Å². The summed E-state index contributed by atoms with van der Waals surface area (Å²) in [5, 5.41) is 2.45. The Morgan fingerprint density at radius 3 is 2.24 bits per heavy atom. The van der Waals surface area contributed by atoms with E-state index in [4.69, 9.17) is 14.2 Å². The molecule has 3 aromatic rings. The van der Waals surface area contributed by atoms with Crippen molar-refractivity contribution in [2.45, 2.75) is 38.3 Å². The predicted molar refractivity (Wildman–Crippen MR) is 167 cm³/mol. The summed E-state index contributed by atoms with van der Waals surface area (Å²) in [7, 11) is -2.36. The molecule has 278 valence electrons. The van der Waals surface area contributed by atoms with Gasteiger partial charge in [0.25, 0.3) is 10.1 Å². The summed E-state index contributed by atoms with van der Waals surface area (Å²) in [5.41, 5.74) is -2.94. The maximum Gasteiger partial charge on any atom is 0.416 e. The first-order valence-electron chi connectivity index (χ1n) is 15.0. The number of fused-ring (bicyclic) bond motifs is 1. The second-order valence-electron chi connectivity index (χ2n) is 10.9. The van der Waals surface area contributed by atoms with Gasteiger partial charge in [-0.15, -0.1) is 0 Å². The smallest absolute Gasteiger partial charge is 0.416 e. The van der Waals surface area contributed by atoms with E-state index in [9.17, 15) is 44.3 Å². The van der Waals surface area contributed by atoms with Gasteiger partial charge in [0.1, 0.15) is 6.61 Å². The molecule has 2 aromatic heterocycles. The number of halogens is 6. The van der Waals surface area contributed by atoms with Gasteiger partial charge in [-0.1, -0.05) is 0 Å². The number of amides is 2. The van der Waals surface area contributed by atoms with Crippen LogP contribution in [-0.2, 0) is 47.5 Å². The molecule has 14 nitrogen and oxygen atoms in total. The molecule has 1 aromatic carbocycles. The minimum absolute atomic E-state index is 0.0147. The average Bonchev–Trinajstić information content (AvgIpc) is 3.05. The van der Waals surface area contributed by atoms with Crippen LogP contribution in [0.5, 0.6) is 5.88 Å². The van der Waals surface area contributed by atoms with Gasteiger partial charge < -0.3 is 24.4 Å². The van der Waals surface area contributed by atoms with Gasteiger partial charge >= 0.3 is 18.4 Å². The molecule has 1 unspecified atom stereocenters. The summed E-state index contributed by atoms with van der Waals surface area (Å²) >= 11 is 0. The Bertz CT molecular complexity index is 1780. The minimum Gasteiger partial charge on any atom is -0.481 e. The molecule has 4 rings (SSSR count). The number of anilines is 3. The first-order valence-corrected chi connectivity index (χ1v) is 16.8. The fraction of sp³-hybridized carbons (Fsp3) is 0.433. The van der Waals surface area contributed by atoms with Gasteiger partial charge in [0, 0.05) is 19.2 Å². The number of carbonyl (C=O) groups excluding carboxylic acids is 2. The number of ether oxygens (including phenoxy) is 3. The van der Waals surface area contributed by atoms with Crippen LogP contribution in [0, 0.1) is 0 Å². The number of nitrogens with one attached hydrogen (secondary N) is 1. The number of hydrogen-bond donors (Lipinski definition) is 1. The first-order chi connectivity index (χ1) is 23.9. The van der Waals surface area contributed by atoms with Crippen molar-refractivity contribution >= 4 is 39.4 Å². The predicted octanol–water partition coefficient (Wildman–Crippen LogP) is 4.96. The van der Waals surface area contributed by atoms with Crippen molar-refractivity contribution < 1.29 is 62.7 Å². The Morgan fingerprint density at radius 2 is 1.67 bits per heavy atom. The quantitative estimate of drug-likeness (QED) is 0.142. The van der Waals surface area contributed by atoms with Crippen molar-refractivity contribution in [3.05, 3.63) is 65.1 Å². The minimum atomic E-state index is -5.10. The topological polar surface area (TPSA) is 162 Å². The summed E-state index contributed by atoms with van der Waals surface area (Å²) in [6.45, 7) is 0.0653. The number of hydrogen-bond acceptors (Lipinski definition) is 12. The molecule has 0 bridgehead atoms. The van der Waals surface area contributed by atoms with Gasteiger partial charge in [-0.05, 0) is 43.2 Å². The Morgan fingerprint density at radius 1 is 1.02 bits per heavy atom. The van der Waals surface area contributed by atoms with E-state index in [2.05, 4.69) is 24.5 Å². The molecule has 1 N–H and O–H groups in total. The molecule has 1 atom stereocenters. The Labute approximate surface area is 287 Å². The molecular formula is C30H32F6N6O8S. The molecule has 0 saturated heterocycles. The van der Waals surface area contributed by atoms with Crippen LogP contribution in [0.3, 0.4) is 0 Å². The van der Waals surface area contributed by atoms with Crippen LogP contribution in [0.2, 0.25) is 0 Å². The lowest BCUT2D eigenvalue weighted by atomic mass is 9.98. The van der Waals surface area contributed by atoms with E-state index in [0.717, 1.165) is 18.6 Å². The number of benzene rings is 1. The van der Waals surface area contributed by atoms with Gasteiger partial charge in [0.2, 0.25) is 17.7 Å². The Hall–Kier alpha value is -4.76. The van der Waals surface area contributed by atoms with Crippen LogP contribution >= 0.6 is 0 Å². The van der Waals surface area contributed by atoms with E-state index in [1.165, 1.54) is 29.0 Å². The van der Waals surface area contributed by atoms with E-state index in [-0.39, 0.29) is 73.3 Å². The molecule has 21 heteroatoms. The van der Waals surface area contributed by atoms with Gasteiger partial charge in [0.15, 0.2) is 0 Å². The van der Waals surface area contributed by atoms with Crippen LogP contribution in [0.4, 0.5) is 48.5 Å². The fourth-order valence-corrected chi connectivity index (χ4v) is 5.38. The number of carbonyl (C=O) groups is 2. The number of aromatic nitrogens is 3. The molecule has 0 radical (unpaired) electrons. The average molecular weight is 751 g/mol. The van der Waals surface area contributed by atoms with Crippen LogP contribution in [0.1, 0.15) is 41.8 Å². The summed E-state index contributed by atoms with van der Waals surface area (Å²) < 4.78 is 125. The maximum absolute atomic E-state index is 13.8. The summed E-state index contributed by atoms with van der Waals surface area (Å²) in [6, 6.07) is 3.26. The third-order valence-corrected chi connectivity index (χ3v) is 7.72. The third-order valence-electron chi connectivity index (χ3n) is 7.12. The highest BCUT2D eigenvalue weighted by atomic mass is 32.2. The van der Waals surface area contributed by atoms with Gasteiger partial charge in [-0.3, -0.25) is 13.9 Å². The van der Waals surface area contributed by atoms with Gasteiger partial charge in [0.05, 0.1) is 79.8 Å². The second-order valence-corrected chi connectivity index (χ2v) is 12.5. The van der Waals surface area contributed by atoms with Crippen LogP contribution in [0.25, 0.3) is 0 Å². The number of methoxy groups -OCH3 is 1. The van der Waals surface area contributed by atoms with Crippen LogP contribution < -0.4 is 19.9 Å². The third kappa shape index (κ3) is 10.6. The summed E-state index contributed by atoms with van der Waals surface area (Å²) in [4.78, 5) is 40.7. The monoisotopic (exact) mass is 750 g/mol. The Kier molecular flexibility index (Phi) is 12.3. The standard InChI is InChI=1S/C30H32F6N6O8S/c1-4-49-28(44)41-8-7-23(26-22(41)5-6-25(40-26)47-2)42(16-18-11-19(29(31,32)33)13-20(12-18)30(34,35)36)27-37-14-21(15-38-27)39-24(43)17-48-9-10-50-51(3,45)46/h5-6,11-15,23H,4,7-10,16-17H2,1-3H3,(H,39,43). The number of alkyl halides is 6. The van der Waals surface area contributed by atoms with Crippen molar-refractivity contribution in [2.75, 3.05) is 61.5 Å². The molecule has 51 heavy (non-hydrogen) atoms. The van der Waals surface area contributed by atoms with E-state index >= 15 is 0 Å². The molecule has 0 spiro atoms. The molecule has 1 aliphatic heterocycles. The highest BCUT2D eigenvalue weighted by Gasteiger charge is 2.39. The maximum atomic E-state index is 13.8. The largest absolute Gasteiger partial charge is 0.481 e. The SMILES string of the molecule is CCOC(=O)N1CCC(N(Cc2cc(C(F)(F)F)cc(C(F)(F)F)c2)c2ncc(NC(=O)COCCOS(C)(=O)=O)cn2)c2nc(OC)ccc21. The zero-order valence-corrected chi connectivity index (χ0v) is 28.1. The Balaban J connectivity index is 1.71. The summed E-state index contributed by atoms with van der Waals surface area (Å²) in [6.07, 6.45) is -7.70. The zero-order valence-electron chi connectivity index (χ0n) is 27.2. The van der Waals surface area contributed by atoms with Crippen molar-refractivity contribution in [3.8, 4) is 5.88 Å². The van der Waals surface area contributed by atoms with E-state index in [1.54, 1.807) is 6.92 Å². The highest BCUT2D eigenvalue weighted by Crippen LogP contribution is 2.41. The molecule has 0 saturated carbocycles. The fourth-order valence-electron chi connectivity index (χ4n) is 5.01.